The van der Waals surface area contributed by atoms with E-state index in [-0.39, 0.29) is 30.4 Å². The van der Waals surface area contributed by atoms with Crippen molar-refractivity contribution in [3.8, 4) is 0 Å². The zero-order valence-electron chi connectivity index (χ0n) is 15.0. The van der Waals surface area contributed by atoms with Gasteiger partial charge in [0.25, 0.3) is 0 Å². The Morgan fingerprint density at radius 2 is 1.40 bits per heavy atom. The number of hydrogen-bond donors (Lipinski definition) is 1. The van der Waals surface area contributed by atoms with Gasteiger partial charge in [-0.25, -0.2) is 0 Å². The first-order chi connectivity index (χ1) is 6.93. The molecule has 0 aromatic heterocycles. The standard InChI is InChI=1S/C5H5.C4H10N.6CH3.2ClH.Hf.H2Si/c1-2-4-5-3-1;1-4(2,3)5;;;;;;;;;;/h1-3H,4H2;5H,1-3H3;6*1H3;2*1H;;1H2/q;-1;;;;;;;;;+1;. The van der Waals surface area contributed by atoms with Crippen LogP contribution < -0.4 is 3.30 Å². The van der Waals surface area contributed by atoms with Crippen molar-refractivity contribution in [3.05, 3.63) is 21.6 Å². The number of nitrogens with one attached hydrogen (secondary N) is 1. The molecule has 0 saturated carbocycles. The molecule has 0 radical (unpaired) electrons. The molecule has 0 unspecified atom stereocenters. The van der Waals surface area contributed by atoms with Crippen molar-refractivity contribution in [3.63, 3.8) is 0 Å². The summed E-state index contributed by atoms with van der Waals surface area (Å²) in [7, 11) is 0. The monoisotopic (exact) mass is 509 g/mol. The molecular formula is C15H37Cl2HfNSi. The summed E-state index contributed by atoms with van der Waals surface area (Å²) in [6.07, 6.45) is 7.91. The number of rotatable bonds is 2. The summed E-state index contributed by atoms with van der Waals surface area (Å²) in [4.78, 5) is 0. The van der Waals surface area contributed by atoms with Crippen LogP contribution in [0.15, 0.2) is 21.6 Å². The second-order valence-corrected chi connectivity index (χ2v) is 155. The molecule has 1 rings (SSSR count). The van der Waals surface area contributed by atoms with Gasteiger partial charge in [0.1, 0.15) is 0 Å². The fourth-order valence-electron chi connectivity index (χ4n) is 4.57. The van der Waals surface area contributed by atoms with Crippen molar-refractivity contribution < 1.29 is 11.5 Å². The Bertz CT molecular complexity index is 668. The van der Waals surface area contributed by atoms with Gasteiger partial charge in [-0.2, -0.15) is 0 Å². The molecule has 1 N–H and O–H groups in total. The van der Waals surface area contributed by atoms with E-state index in [1.165, 1.54) is 0 Å². The van der Waals surface area contributed by atoms with Crippen molar-refractivity contribution >= 4 is 31.8 Å². The van der Waals surface area contributed by atoms with Crippen LogP contribution in [0.4, 0.5) is 0 Å². The van der Waals surface area contributed by atoms with E-state index in [4.69, 9.17) is 0 Å². The van der Waals surface area contributed by atoms with Gasteiger partial charge in [0.05, 0.1) is 0 Å². The van der Waals surface area contributed by atoms with Crippen molar-refractivity contribution in [2.45, 2.75) is 60.8 Å². The van der Waals surface area contributed by atoms with Gasteiger partial charge < -0.3 is 0 Å². The van der Waals surface area contributed by atoms with E-state index in [0.29, 0.717) is 0 Å². The van der Waals surface area contributed by atoms with Crippen LogP contribution in [0.1, 0.15) is 27.2 Å². The molecule has 0 aliphatic heterocycles. The minimum Gasteiger partial charge on any atom is -0.147 e. The number of hydrogen-bond acceptors (Lipinski definition) is 1. The molecule has 1 aliphatic rings. The average Bonchev–Trinajstić information content (AvgIpc) is 2.20. The van der Waals surface area contributed by atoms with E-state index in [2.05, 4.69) is 77.3 Å². The molecule has 0 aromatic carbocycles. The van der Waals surface area contributed by atoms with Gasteiger partial charge in [0.15, 0.2) is 0 Å². The molecule has 0 saturated heterocycles. The second kappa shape index (κ2) is 2.81. The third kappa shape index (κ3) is 5.08. The van der Waals surface area contributed by atoms with Crippen LogP contribution in [0.25, 0.3) is 0 Å². The second-order valence-electron chi connectivity index (χ2n) is 16.8. The van der Waals surface area contributed by atoms with Gasteiger partial charge in [0, 0.05) is 0 Å². The van der Waals surface area contributed by atoms with E-state index < -0.39 is 11.5 Å². The van der Waals surface area contributed by atoms with Crippen LogP contribution in [0.5, 0.6) is 0 Å². The Labute approximate surface area is 128 Å². The summed E-state index contributed by atoms with van der Waals surface area (Å²) in [6.45, 7) is 9.07. The largest absolute Gasteiger partial charge is 0.147 e. The molecule has 124 valence electrons. The van der Waals surface area contributed by atoms with Crippen LogP contribution in [0, 0.1) is 0 Å². The van der Waals surface area contributed by atoms with Crippen LogP contribution >= 0.6 is 24.8 Å². The summed E-state index contributed by atoms with van der Waals surface area (Å²) >= 11 is -5.04. The summed E-state index contributed by atoms with van der Waals surface area (Å²) in [5, 5.41) is 0. The van der Waals surface area contributed by atoms with Crippen LogP contribution in [-0.4, -0.2) is 12.5 Å². The van der Waals surface area contributed by atoms with E-state index in [1.54, 1.807) is 3.33 Å². The normalized spacial score (nSPS) is 26.1. The van der Waals surface area contributed by atoms with Gasteiger partial charge in [-0.15, -0.1) is 24.8 Å². The first-order valence-electron chi connectivity index (χ1n) is 7.32. The van der Waals surface area contributed by atoms with Gasteiger partial charge in [0.2, 0.25) is 0 Å². The van der Waals surface area contributed by atoms with Crippen molar-refractivity contribution in [2.24, 2.45) is 0 Å². The molecule has 5 heteroatoms. The SMILES string of the molecule is CC(C)(C)[NH][Hf]([CH3])([CH3])([CH3])([CH3])([CH3])([CH3])(=[SiH2])[C]1=CC=CC1.Cl.Cl. The third-order valence-electron chi connectivity index (χ3n) is 4.36. The predicted molar refractivity (Wildman–Crippen MR) is 103 cm³/mol. The van der Waals surface area contributed by atoms with Crippen molar-refractivity contribution in [1.82, 2.24) is 3.30 Å². The van der Waals surface area contributed by atoms with Crippen molar-refractivity contribution in [1.29, 1.82) is 0 Å². The van der Waals surface area contributed by atoms with Crippen LogP contribution in [-0.2, 0) is 11.5 Å². The van der Waals surface area contributed by atoms with Crippen LogP contribution in [0.2, 0.25) is 28.1 Å². The molecule has 0 bridgehead atoms. The molecule has 1 nitrogen and oxygen atoms in total. The molecule has 1 aliphatic carbocycles. The Hall–Kier alpha value is 1.11. The maximum absolute atomic E-state index is 5.04. The maximum atomic E-state index is 4.19. The van der Waals surface area contributed by atoms with Gasteiger partial charge >= 0.3 is 104 Å². The molecule has 20 heavy (non-hydrogen) atoms. The van der Waals surface area contributed by atoms with Gasteiger partial charge in [-0.3, -0.25) is 0 Å². The zero-order valence-corrected chi connectivity index (χ0v) is 21.6. The smallest absolute Gasteiger partial charge is 0.147 e. The molecule has 0 fully saturated rings. The average molecular weight is 509 g/mol. The molecule has 0 amide bonds. The summed E-state index contributed by atoms with van der Waals surface area (Å²) in [5.74, 6) is 0. The quantitative estimate of drug-likeness (QED) is 0.476. The van der Waals surface area contributed by atoms with Crippen molar-refractivity contribution in [2.75, 3.05) is 0 Å². The van der Waals surface area contributed by atoms with E-state index in [0.717, 1.165) is 6.42 Å². The first-order valence-corrected chi connectivity index (χ1v) is 40.8. The molecular weight excluding hydrogens is 472 g/mol. The Kier molecular flexibility index (Phi) is 3.28. The fourth-order valence-corrected chi connectivity index (χ4v) is 41.4. The minimum atomic E-state index is -5.04. The Morgan fingerprint density at radius 3 is 1.65 bits per heavy atom. The van der Waals surface area contributed by atoms with E-state index >= 15 is 0 Å². The van der Waals surface area contributed by atoms with E-state index in [1.807, 2.05) is 0 Å². The number of halogens is 2. The van der Waals surface area contributed by atoms with Gasteiger partial charge in [-0.05, 0) is 0 Å². The zero-order chi connectivity index (χ0) is 14.9. The Balaban J connectivity index is 0. The summed E-state index contributed by atoms with van der Waals surface area (Å²) in [6, 6.07) is 0. The van der Waals surface area contributed by atoms with E-state index in [9.17, 15) is 0 Å². The summed E-state index contributed by atoms with van der Waals surface area (Å²) in [5.41, 5.74) is 0.0672. The maximum Gasteiger partial charge on any atom is -0.147 e. The molecule has 0 heterocycles. The first kappa shape index (κ1) is 23.4. The van der Waals surface area contributed by atoms with Gasteiger partial charge in [-0.1, -0.05) is 0 Å². The topological polar surface area (TPSA) is 12.0 Å². The minimum absolute atomic E-state index is 0. The van der Waals surface area contributed by atoms with Crippen LogP contribution in [0.3, 0.4) is 0 Å². The Morgan fingerprint density at radius 1 is 1.00 bits per heavy atom. The molecule has 0 aromatic rings. The third-order valence-corrected chi connectivity index (χ3v) is 36.7. The molecule has 0 atom stereocenters. The summed E-state index contributed by atoms with van der Waals surface area (Å²) < 4.78 is 21.0. The predicted octanol–water partition coefficient (Wildman–Crippen LogP) is 5.65. The number of allylic oxidation sites excluding steroid dienone is 4. The fraction of sp³-hybridized carbons (Fsp3) is 0.733. The molecule has 0 spiro atoms.